The lowest BCUT2D eigenvalue weighted by molar-refractivity contribution is 0.0989. The van der Waals surface area contributed by atoms with Crippen molar-refractivity contribution in [3.63, 3.8) is 0 Å². The molecule has 0 saturated carbocycles. The van der Waals surface area contributed by atoms with Crippen LogP contribution in [-0.2, 0) is 11.3 Å². The topological polar surface area (TPSA) is 51.1 Å². The maximum atomic E-state index is 12.5. The number of methoxy groups -OCH3 is 1. The number of carbonyl (C=O) groups excluding carboxylic acids is 1. The lowest BCUT2D eigenvalue weighted by Crippen LogP contribution is -2.31. The summed E-state index contributed by atoms with van der Waals surface area (Å²) in [5.41, 5.74) is 1.60. The predicted molar refractivity (Wildman–Crippen MR) is 98.9 cm³/mol. The molecule has 0 atom stereocenters. The Labute approximate surface area is 148 Å². The molecule has 0 spiro atoms. The molecule has 0 radical (unpaired) electrons. The number of benzene rings is 2. The van der Waals surface area contributed by atoms with Crippen LogP contribution in [0.3, 0.4) is 0 Å². The number of amidine groups is 1. The van der Waals surface area contributed by atoms with Crippen molar-refractivity contribution in [3.05, 3.63) is 65.7 Å². The smallest absolute Gasteiger partial charge is 0.295 e. The highest BCUT2D eigenvalue weighted by molar-refractivity contribution is 6.01. The molecule has 0 aliphatic carbocycles. The van der Waals surface area contributed by atoms with Gasteiger partial charge in [-0.1, -0.05) is 30.3 Å². The Morgan fingerprint density at radius 3 is 2.28 bits per heavy atom. The summed E-state index contributed by atoms with van der Waals surface area (Å²) < 4.78 is 10.9. The van der Waals surface area contributed by atoms with Crippen molar-refractivity contribution in [2.75, 3.05) is 14.2 Å². The maximum absolute atomic E-state index is 12.5. The van der Waals surface area contributed by atoms with Gasteiger partial charge in [0.15, 0.2) is 0 Å². The number of hydrogen-bond donors (Lipinski definition) is 0. The Morgan fingerprint density at radius 2 is 1.72 bits per heavy atom. The van der Waals surface area contributed by atoms with Crippen molar-refractivity contribution in [2.24, 2.45) is 4.99 Å². The van der Waals surface area contributed by atoms with Crippen LogP contribution in [0.25, 0.3) is 0 Å². The van der Waals surface area contributed by atoms with Crippen LogP contribution in [0, 0.1) is 0 Å². The van der Waals surface area contributed by atoms with Gasteiger partial charge in [-0.3, -0.25) is 4.79 Å². The lowest BCUT2D eigenvalue weighted by Gasteiger charge is -2.22. The van der Waals surface area contributed by atoms with E-state index in [-0.39, 0.29) is 12.0 Å². The first-order valence-corrected chi connectivity index (χ1v) is 8.18. The van der Waals surface area contributed by atoms with Gasteiger partial charge in [-0.2, -0.15) is 4.99 Å². The Hall–Kier alpha value is -2.82. The highest BCUT2D eigenvalue weighted by Gasteiger charge is 2.14. The number of aliphatic imine (C=N–C) groups is 1. The summed E-state index contributed by atoms with van der Waals surface area (Å²) in [5.74, 6) is 0.346. The number of hydrogen-bond acceptors (Lipinski definition) is 3. The van der Waals surface area contributed by atoms with E-state index in [9.17, 15) is 4.79 Å². The fraction of sp³-hybridized carbons (Fsp3) is 0.300. The van der Waals surface area contributed by atoms with Gasteiger partial charge in [0.2, 0.25) is 0 Å². The van der Waals surface area contributed by atoms with Crippen molar-refractivity contribution >= 4 is 11.9 Å². The molecular formula is C20H24N2O3. The van der Waals surface area contributed by atoms with Crippen molar-refractivity contribution in [3.8, 4) is 5.75 Å². The van der Waals surface area contributed by atoms with Crippen molar-refractivity contribution in [1.82, 2.24) is 4.90 Å². The van der Waals surface area contributed by atoms with Crippen molar-refractivity contribution in [1.29, 1.82) is 0 Å². The molecule has 0 bridgehead atoms. The zero-order chi connectivity index (χ0) is 18.2. The minimum absolute atomic E-state index is 0.0827. The van der Waals surface area contributed by atoms with Gasteiger partial charge in [0, 0.05) is 19.2 Å². The number of amides is 1. The summed E-state index contributed by atoms with van der Waals surface area (Å²) in [6.45, 7) is 4.41. The largest absolute Gasteiger partial charge is 0.497 e. The number of ether oxygens (including phenoxy) is 2. The lowest BCUT2D eigenvalue weighted by atomic mass is 10.2. The highest BCUT2D eigenvalue weighted by Crippen LogP contribution is 2.13. The van der Waals surface area contributed by atoms with E-state index in [1.807, 2.05) is 56.1 Å². The molecule has 5 heteroatoms. The van der Waals surface area contributed by atoms with E-state index in [1.165, 1.54) is 0 Å². The normalized spacial score (nSPS) is 11.3. The summed E-state index contributed by atoms with van der Waals surface area (Å²) in [6, 6.07) is 17.1. The molecule has 0 aromatic heterocycles. The summed E-state index contributed by atoms with van der Waals surface area (Å²) in [6.07, 6.45) is -0.0827. The minimum Gasteiger partial charge on any atom is -0.497 e. The predicted octanol–water partition coefficient (Wildman–Crippen LogP) is 3.75. The van der Waals surface area contributed by atoms with E-state index in [0.29, 0.717) is 23.9 Å². The van der Waals surface area contributed by atoms with Crippen LogP contribution in [0.4, 0.5) is 0 Å². The molecule has 0 unspecified atom stereocenters. The quantitative estimate of drug-likeness (QED) is 0.614. The van der Waals surface area contributed by atoms with Gasteiger partial charge in [0.1, 0.15) is 5.75 Å². The average molecular weight is 340 g/mol. The maximum Gasteiger partial charge on any atom is 0.295 e. The Kier molecular flexibility index (Phi) is 6.57. The van der Waals surface area contributed by atoms with Gasteiger partial charge in [-0.05, 0) is 43.7 Å². The molecular weight excluding hydrogens is 316 g/mol. The molecule has 2 rings (SSSR count). The van der Waals surface area contributed by atoms with Crippen LogP contribution < -0.4 is 4.74 Å². The van der Waals surface area contributed by atoms with Crippen LogP contribution in [0.15, 0.2) is 59.6 Å². The monoisotopic (exact) mass is 340 g/mol. The number of rotatable bonds is 5. The van der Waals surface area contributed by atoms with Crippen molar-refractivity contribution < 1.29 is 14.3 Å². The second kappa shape index (κ2) is 8.87. The van der Waals surface area contributed by atoms with Crippen LogP contribution in [-0.4, -0.2) is 37.1 Å². The molecule has 0 N–H and O–H groups in total. The van der Waals surface area contributed by atoms with Gasteiger partial charge in [-0.25, -0.2) is 0 Å². The fourth-order valence-electron chi connectivity index (χ4n) is 2.22. The van der Waals surface area contributed by atoms with E-state index in [4.69, 9.17) is 9.47 Å². The third-order valence-corrected chi connectivity index (χ3v) is 3.46. The Balaban J connectivity index is 2.19. The first kappa shape index (κ1) is 18.5. The molecule has 2 aromatic rings. The zero-order valence-electron chi connectivity index (χ0n) is 15.1. The Bertz CT molecular complexity index is 709. The second-order valence-corrected chi connectivity index (χ2v) is 5.94. The van der Waals surface area contributed by atoms with E-state index < -0.39 is 0 Å². The van der Waals surface area contributed by atoms with Gasteiger partial charge < -0.3 is 14.4 Å². The van der Waals surface area contributed by atoms with E-state index in [2.05, 4.69) is 4.99 Å². The standard InChI is InChI=1S/C20H24N2O3/c1-15(2)25-20(22(3)14-16-8-6-5-7-9-16)21-19(23)17-10-12-18(24-4)13-11-17/h5-13,15H,14H2,1-4H3. The fourth-order valence-corrected chi connectivity index (χ4v) is 2.22. The number of carbonyl (C=O) groups is 1. The molecule has 5 nitrogen and oxygen atoms in total. The molecule has 0 heterocycles. The third kappa shape index (κ3) is 5.64. The molecule has 0 aliphatic heterocycles. The van der Waals surface area contributed by atoms with Crippen LogP contribution in [0.5, 0.6) is 5.75 Å². The molecule has 2 aromatic carbocycles. The SMILES string of the molecule is COc1ccc(C(=O)N=C(OC(C)C)N(C)Cc2ccccc2)cc1. The van der Waals surface area contributed by atoms with Crippen LogP contribution in [0.1, 0.15) is 29.8 Å². The molecule has 1 amide bonds. The first-order chi connectivity index (χ1) is 12.0. The van der Waals surface area contributed by atoms with Crippen molar-refractivity contribution in [2.45, 2.75) is 26.5 Å². The molecule has 132 valence electrons. The summed E-state index contributed by atoms with van der Waals surface area (Å²) in [4.78, 5) is 18.5. The summed E-state index contributed by atoms with van der Waals surface area (Å²) >= 11 is 0. The summed E-state index contributed by atoms with van der Waals surface area (Å²) in [7, 11) is 3.44. The minimum atomic E-state index is -0.349. The van der Waals surface area contributed by atoms with E-state index in [1.54, 1.807) is 31.4 Å². The van der Waals surface area contributed by atoms with E-state index in [0.717, 1.165) is 5.56 Å². The molecule has 0 fully saturated rings. The van der Waals surface area contributed by atoms with Gasteiger partial charge in [0.05, 0.1) is 13.2 Å². The van der Waals surface area contributed by atoms with Crippen LogP contribution >= 0.6 is 0 Å². The highest BCUT2D eigenvalue weighted by atomic mass is 16.5. The third-order valence-electron chi connectivity index (χ3n) is 3.46. The second-order valence-electron chi connectivity index (χ2n) is 5.94. The Morgan fingerprint density at radius 1 is 1.08 bits per heavy atom. The number of nitrogens with zero attached hydrogens (tertiary/aromatic N) is 2. The molecule has 0 saturated heterocycles. The molecule has 0 aliphatic rings. The first-order valence-electron chi connectivity index (χ1n) is 8.18. The van der Waals surface area contributed by atoms with Gasteiger partial charge in [-0.15, -0.1) is 0 Å². The van der Waals surface area contributed by atoms with Gasteiger partial charge >= 0.3 is 0 Å². The molecule has 25 heavy (non-hydrogen) atoms. The van der Waals surface area contributed by atoms with Gasteiger partial charge in [0.25, 0.3) is 11.9 Å². The average Bonchev–Trinajstić information content (AvgIpc) is 2.61. The zero-order valence-corrected chi connectivity index (χ0v) is 15.1. The van der Waals surface area contributed by atoms with Crippen LogP contribution in [0.2, 0.25) is 0 Å². The summed E-state index contributed by atoms with van der Waals surface area (Å²) in [5, 5.41) is 0. The van der Waals surface area contributed by atoms with E-state index >= 15 is 0 Å².